The molecule has 0 atom stereocenters. The van der Waals surface area contributed by atoms with E-state index in [1.807, 2.05) is 6.92 Å². The summed E-state index contributed by atoms with van der Waals surface area (Å²) in [5.74, 6) is 0.830. The number of aromatic nitrogens is 3. The Labute approximate surface area is 119 Å². The summed E-state index contributed by atoms with van der Waals surface area (Å²) >= 11 is 1.39. The number of carbonyl (C=O) groups is 1. The zero-order valence-electron chi connectivity index (χ0n) is 10.8. The summed E-state index contributed by atoms with van der Waals surface area (Å²) in [6, 6.07) is 3.27. The highest BCUT2D eigenvalue weighted by Gasteiger charge is 2.30. The molecule has 1 saturated heterocycles. The minimum atomic E-state index is -0.560. The Morgan fingerprint density at radius 3 is 3.00 bits per heavy atom. The van der Waals surface area contributed by atoms with Crippen LogP contribution in [0.2, 0.25) is 0 Å². The van der Waals surface area contributed by atoms with Crippen molar-refractivity contribution in [3.05, 3.63) is 29.8 Å². The summed E-state index contributed by atoms with van der Waals surface area (Å²) in [6.07, 6.45) is 1.59. The van der Waals surface area contributed by atoms with Gasteiger partial charge >= 0.3 is 0 Å². The first kappa shape index (κ1) is 12.8. The van der Waals surface area contributed by atoms with Crippen LogP contribution in [-0.4, -0.2) is 39.4 Å². The number of hydrogen-bond donors (Lipinski definition) is 1. The van der Waals surface area contributed by atoms with Crippen LogP contribution < -0.4 is 15.4 Å². The predicted octanol–water partition coefficient (Wildman–Crippen LogP) is 0.608. The second-order valence-corrected chi connectivity index (χ2v) is 5.24. The molecule has 0 radical (unpaired) electrons. The van der Waals surface area contributed by atoms with Gasteiger partial charge in [0.05, 0.1) is 13.1 Å². The average molecular weight is 291 g/mol. The van der Waals surface area contributed by atoms with Gasteiger partial charge in [0, 0.05) is 23.8 Å². The van der Waals surface area contributed by atoms with Gasteiger partial charge in [0.1, 0.15) is 23.4 Å². The lowest BCUT2D eigenvalue weighted by molar-refractivity contribution is 0.0994. The summed E-state index contributed by atoms with van der Waals surface area (Å²) in [7, 11) is 0. The van der Waals surface area contributed by atoms with Crippen molar-refractivity contribution >= 4 is 22.6 Å². The highest BCUT2D eigenvalue weighted by Crippen LogP contribution is 2.25. The van der Waals surface area contributed by atoms with E-state index < -0.39 is 5.91 Å². The predicted molar refractivity (Wildman–Crippen MR) is 74.0 cm³/mol. The molecule has 0 aromatic carbocycles. The number of nitrogens with zero attached hydrogens (tertiary/aromatic N) is 4. The molecule has 1 fully saturated rings. The number of pyridine rings is 1. The Balaban J connectivity index is 1.58. The van der Waals surface area contributed by atoms with Crippen molar-refractivity contribution in [3.63, 3.8) is 0 Å². The number of carbonyl (C=O) groups excluding carboxylic acids is 1. The van der Waals surface area contributed by atoms with Crippen LogP contribution in [0.4, 0.5) is 5.13 Å². The first-order valence-electron chi connectivity index (χ1n) is 6.09. The van der Waals surface area contributed by atoms with Gasteiger partial charge in [0.15, 0.2) is 0 Å². The van der Waals surface area contributed by atoms with Gasteiger partial charge < -0.3 is 15.4 Å². The summed E-state index contributed by atoms with van der Waals surface area (Å²) < 4.78 is 9.91. The van der Waals surface area contributed by atoms with Crippen LogP contribution in [0.25, 0.3) is 0 Å². The lowest BCUT2D eigenvalue weighted by Gasteiger charge is -2.38. The van der Waals surface area contributed by atoms with Crippen molar-refractivity contribution < 1.29 is 9.53 Å². The summed E-state index contributed by atoms with van der Waals surface area (Å²) in [5.41, 5.74) is 5.39. The molecular weight excluding hydrogens is 278 g/mol. The topological polar surface area (TPSA) is 94.2 Å². The highest BCUT2D eigenvalue weighted by atomic mass is 32.1. The summed E-state index contributed by atoms with van der Waals surface area (Å²) in [6.45, 7) is 3.38. The molecule has 2 N–H and O–H groups in total. The van der Waals surface area contributed by atoms with E-state index in [9.17, 15) is 4.79 Å². The van der Waals surface area contributed by atoms with Gasteiger partial charge in [-0.1, -0.05) is 0 Å². The summed E-state index contributed by atoms with van der Waals surface area (Å²) in [4.78, 5) is 21.3. The van der Waals surface area contributed by atoms with Crippen LogP contribution in [0.3, 0.4) is 0 Å². The Morgan fingerprint density at radius 1 is 1.55 bits per heavy atom. The maximum absolute atomic E-state index is 11.0. The minimum absolute atomic E-state index is 0.0716. The zero-order valence-corrected chi connectivity index (χ0v) is 11.6. The van der Waals surface area contributed by atoms with Crippen LogP contribution in [0.15, 0.2) is 18.3 Å². The average Bonchev–Trinajstić information content (AvgIpc) is 2.80. The van der Waals surface area contributed by atoms with Crippen LogP contribution in [0, 0.1) is 6.92 Å². The molecule has 1 amide bonds. The van der Waals surface area contributed by atoms with Crippen LogP contribution in [0.5, 0.6) is 5.75 Å². The van der Waals surface area contributed by atoms with E-state index in [2.05, 4.69) is 19.2 Å². The molecule has 3 heterocycles. The van der Waals surface area contributed by atoms with Crippen LogP contribution in [-0.2, 0) is 0 Å². The third-order valence-corrected chi connectivity index (χ3v) is 3.79. The first-order valence-corrected chi connectivity index (χ1v) is 6.87. The fraction of sp³-hybridized carbons (Fsp3) is 0.333. The first-order chi connectivity index (χ1) is 9.61. The van der Waals surface area contributed by atoms with Crippen molar-refractivity contribution in [1.82, 2.24) is 14.3 Å². The van der Waals surface area contributed by atoms with E-state index in [0.29, 0.717) is 5.75 Å². The smallest absolute Gasteiger partial charge is 0.267 e. The molecule has 2 aromatic heterocycles. The van der Waals surface area contributed by atoms with Gasteiger partial charge in [0.25, 0.3) is 5.91 Å². The molecule has 0 spiro atoms. The van der Waals surface area contributed by atoms with Crippen molar-refractivity contribution in [2.45, 2.75) is 13.0 Å². The van der Waals surface area contributed by atoms with E-state index in [1.165, 1.54) is 17.7 Å². The third kappa shape index (κ3) is 2.55. The lowest BCUT2D eigenvalue weighted by atomic mass is 10.2. The quantitative estimate of drug-likeness (QED) is 0.887. The number of anilines is 1. The van der Waals surface area contributed by atoms with Gasteiger partial charge in [0.2, 0.25) is 5.13 Å². The number of primary amides is 1. The molecule has 0 bridgehead atoms. The number of amides is 1. The molecule has 8 heteroatoms. The van der Waals surface area contributed by atoms with Crippen molar-refractivity contribution in [2.75, 3.05) is 18.0 Å². The van der Waals surface area contributed by atoms with Crippen LogP contribution >= 0.6 is 11.5 Å². The van der Waals surface area contributed by atoms with Crippen LogP contribution in [0.1, 0.15) is 16.3 Å². The van der Waals surface area contributed by atoms with E-state index in [-0.39, 0.29) is 11.8 Å². The Bertz CT molecular complexity index is 638. The molecule has 1 aliphatic heterocycles. The number of ether oxygens (including phenoxy) is 1. The Morgan fingerprint density at radius 2 is 2.35 bits per heavy atom. The highest BCUT2D eigenvalue weighted by molar-refractivity contribution is 7.09. The SMILES string of the molecule is Cc1nsc(N2CC(Oc3ccnc(C(N)=O)c3)C2)n1. The fourth-order valence-electron chi connectivity index (χ4n) is 1.90. The maximum atomic E-state index is 11.0. The Hall–Kier alpha value is -2.22. The second-order valence-electron chi connectivity index (χ2n) is 4.51. The molecule has 2 aromatic rings. The van der Waals surface area contributed by atoms with Crippen molar-refractivity contribution in [2.24, 2.45) is 5.73 Å². The largest absolute Gasteiger partial charge is 0.487 e. The lowest BCUT2D eigenvalue weighted by Crippen LogP contribution is -2.54. The number of nitrogens with two attached hydrogens (primary N) is 1. The van der Waals surface area contributed by atoms with Gasteiger partial charge in [-0.15, -0.1) is 0 Å². The van der Waals surface area contributed by atoms with Gasteiger partial charge in [-0.3, -0.25) is 9.78 Å². The van der Waals surface area contributed by atoms with Gasteiger partial charge in [-0.2, -0.15) is 4.37 Å². The second kappa shape index (κ2) is 5.04. The fourth-order valence-corrected chi connectivity index (χ4v) is 2.59. The summed E-state index contributed by atoms with van der Waals surface area (Å²) in [5, 5.41) is 0.912. The minimum Gasteiger partial charge on any atom is -0.487 e. The number of rotatable bonds is 4. The van der Waals surface area contributed by atoms with E-state index in [0.717, 1.165) is 24.0 Å². The van der Waals surface area contributed by atoms with E-state index in [1.54, 1.807) is 12.1 Å². The molecule has 7 nitrogen and oxygen atoms in total. The zero-order chi connectivity index (χ0) is 14.1. The van der Waals surface area contributed by atoms with E-state index >= 15 is 0 Å². The maximum Gasteiger partial charge on any atom is 0.267 e. The molecule has 0 unspecified atom stereocenters. The molecule has 20 heavy (non-hydrogen) atoms. The normalized spacial score (nSPS) is 14.9. The van der Waals surface area contributed by atoms with Gasteiger partial charge in [-0.05, 0) is 13.0 Å². The molecule has 3 rings (SSSR count). The number of hydrogen-bond acceptors (Lipinski definition) is 7. The van der Waals surface area contributed by atoms with Crippen molar-refractivity contribution in [1.29, 1.82) is 0 Å². The molecule has 104 valence electrons. The molecule has 0 saturated carbocycles. The Kier molecular flexibility index (Phi) is 3.23. The van der Waals surface area contributed by atoms with E-state index in [4.69, 9.17) is 10.5 Å². The third-order valence-electron chi connectivity index (χ3n) is 2.92. The standard InChI is InChI=1S/C12H13N5O2S/c1-7-15-12(20-16-7)17-5-9(6-17)19-8-2-3-14-10(4-8)11(13)18/h2-4,9H,5-6H2,1H3,(H2,13,18). The van der Waals surface area contributed by atoms with Crippen molar-refractivity contribution in [3.8, 4) is 5.75 Å². The molecule has 1 aliphatic rings. The molecular formula is C12H13N5O2S. The van der Waals surface area contributed by atoms with Gasteiger partial charge in [-0.25, -0.2) is 4.98 Å². The molecule has 0 aliphatic carbocycles. The number of aryl methyl sites for hydroxylation is 1. The monoisotopic (exact) mass is 291 g/mol.